The van der Waals surface area contributed by atoms with Gasteiger partial charge in [0.1, 0.15) is 11.7 Å². The van der Waals surface area contributed by atoms with Gasteiger partial charge >= 0.3 is 5.97 Å². The quantitative estimate of drug-likeness (QED) is 0.403. The van der Waals surface area contributed by atoms with Crippen molar-refractivity contribution in [2.75, 3.05) is 0 Å². The number of fused-ring (bicyclic) bond motifs is 2. The largest absolute Gasteiger partial charge is 0.460 e. The molecule has 0 N–H and O–H groups in total. The molecule has 0 aromatic heterocycles. The standard InChI is InChI=1S/C18H26Cl2O5/c1-9-4-5-12-10(2)13(22-16(21)15(19)20)8-14-18(12)11(9)6-7-17(3,23-14)24-25-18/h9-15H,4-8H2,1-3H3/t9-,10-,11+,12?,13?,14+,17?,18-/m1/s1. The molecule has 3 aliphatic heterocycles. The van der Waals surface area contributed by atoms with Crippen molar-refractivity contribution in [3.8, 4) is 0 Å². The molecule has 142 valence electrons. The van der Waals surface area contributed by atoms with Gasteiger partial charge in [0, 0.05) is 18.8 Å². The second-order valence-corrected chi connectivity index (χ2v) is 9.53. The van der Waals surface area contributed by atoms with Gasteiger partial charge in [-0.3, -0.25) is 0 Å². The summed E-state index contributed by atoms with van der Waals surface area (Å²) >= 11 is 11.4. The minimum atomic E-state index is -1.16. The van der Waals surface area contributed by atoms with Crippen LogP contribution in [0.25, 0.3) is 0 Å². The van der Waals surface area contributed by atoms with E-state index in [1.807, 2.05) is 6.92 Å². The lowest BCUT2D eigenvalue weighted by Crippen LogP contribution is -2.69. The third-order valence-electron chi connectivity index (χ3n) is 7.06. The molecule has 0 aromatic carbocycles. The summed E-state index contributed by atoms with van der Waals surface area (Å²) < 4.78 is 12.0. The van der Waals surface area contributed by atoms with Crippen molar-refractivity contribution in [1.82, 2.24) is 0 Å². The van der Waals surface area contributed by atoms with Crippen LogP contribution in [0.15, 0.2) is 0 Å². The molecular weight excluding hydrogens is 367 g/mol. The lowest BCUT2D eigenvalue weighted by molar-refractivity contribution is -0.540. The van der Waals surface area contributed by atoms with Crippen molar-refractivity contribution in [1.29, 1.82) is 0 Å². The molecule has 0 aromatic rings. The summed E-state index contributed by atoms with van der Waals surface area (Å²) in [5.41, 5.74) is -0.447. The first-order chi connectivity index (χ1) is 11.8. The molecule has 5 rings (SSSR count). The fourth-order valence-corrected chi connectivity index (χ4v) is 5.89. The second-order valence-electron chi connectivity index (χ2n) is 8.44. The van der Waals surface area contributed by atoms with Crippen LogP contribution in [0.2, 0.25) is 0 Å². The fourth-order valence-electron chi connectivity index (χ4n) is 5.79. The zero-order valence-corrected chi connectivity index (χ0v) is 16.4. The zero-order chi connectivity index (χ0) is 18.0. The van der Waals surface area contributed by atoms with Crippen LogP contribution in [0.4, 0.5) is 0 Å². The third kappa shape index (κ3) is 2.73. The number of halogens is 2. The number of carbonyl (C=O) groups is 1. The van der Waals surface area contributed by atoms with Crippen molar-refractivity contribution in [3.05, 3.63) is 0 Å². The Hall–Kier alpha value is -0.0700. The van der Waals surface area contributed by atoms with Gasteiger partial charge in [0.2, 0.25) is 4.84 Å². The van der Waals surface area contributed by atoms with Crippen LogP contribution >= 0.6 is 23.2 Å². The molecule has 3 heterocycles. The van der Waals surface area contributed by atoms with Gasteiger partial charge in [-0.2, -0.15) is 0 Å². The summed E-state index contributed by atoms with van der Waals surface area (Å²) in [4.78, 5) is 22.7. The first-order valence-corrected chi connectivity index (χ1v) is 10.2. The molecule has 8 atom stereocenters. The molecular formula is C18H26Cl2O5. The van der Waals surface area contributed by atoms with Gasteiger partial charge < -0.3 is 9.47 Å². The number of esters is 1. The van der Waals surface area contributed by atoms with Gasteiger partial charge in [-0.05, 0) is 43.9 Å². The molecule has 2 saturated carbocycles. The normalized spacial score (nSPS) is 51.8. The Labute approximate surface area is 158 Å². The molecule has 3 unspecified atom stereocenters. The van der Waals surface area contributed by atoms with Crippen molar-refractivity contribution in [2.45, 2.75) is 81.3 Å². The van der Waals surface area contributed by atoms with Gasteiger partial charge in [-0.25, -0.2) is 14.6 Å². The molecule has 5 nitrogen and oxygen atoms in total. The monoisotopic (exact) mass is 392 g/mol. The molecule has 25 heavy (non-hydrogen) atoms. The van der Waals surface area contributed by atoms with Crippen LogP contribution < -0.4 is 0 Å². The van der Waals surface area contributed by atoms with Crippen molar-refractivity contribution < 1.29 is 24.0 Å². The van der Waals surface area contributed by atoms with Gasteiger partial charge in [-0.1, -0.05) is 37.0 Å². The summed E-state index contributed by atoms with van der Waals surface area (Å²) in [5, 5.41) is 0. The van der Waals surface area contributed by atoms with E-state index in [4.69, 9.17) is 42.5 Å². The van der Waals surface area contributed by atoms with Gasteiger partial charge in [-0.15, -0.1) is 0 Å². The van der Waals surface area contributed by atoms with Gasteiger partial charge in [0.15, 0.2) is 5.79 Å². The third-order valence-corrected chi connectivity index (χ3v) is 7.42. The topological polar surface area (TPSA) is 54.0 Å². The van der Waals surface area contributed by atoms with Crippen LogP contribution in [-0.2, 0) is 24.0 Å². The van der Waals surface area contributed by atoms with Gasteiger partial charge in [0.25, 0.3) is 0 Å². The number of hydrogen-bond acceptors (Lipinski definition) is 5. The number of alkyl halides is 2. The second kappa shape index (κ2) is 6.23. The van der Waals surface area contributed by atoms with Crippen molar-refractivity contribution in [2.24, 2.45) is 23.7 Å². The zero-order valence-electron chi connectivity index (χ0n) is 14.9. The Morgan fingerprint density at radius 1 is 1.16 bits per heavy atom. The molecule has 2 aliphatic carbocycles. The molecule has 0 amide bonds. The first kappa shape index (κ1) is 18.3. The average molecular weight is 393 g/mol. The highest BCUT2D eigenvalue weighted by molar-refractivity contribution is 6.52. The lowest BCUT2D eigenvalue weighted by Gasteiger charge is -2.60. The summed E-state index contributed by atoms with van der Waals surface area (Å²) in [6.45, 7) is 6.36. The van der Waals surface area contributed by atoms with Crippen LogP contribution in [0, 0.1) is 23.7 Å². The smallest absolute Gasteiger partial charge is 0.339 e. The van der Waals surface area contributed by atoms with Crippen LogP contribution in [0.3, 0.4) is 0 Å². The highest BCUT2D eigenvalue weighted by Gasteiger charge is 2.68. The molecule has 7 heteroatoms. The molecule has 2 bridgehead atoms. The minimum Gasteiger partial charge on any atom is -0.460 e. The van der Waals surface area contributed by atoms with Crippen LogP contribution in [0.1, 0.15) is 52.9 Å². The average Bonchev–Trinajstić information content (AvgIpc) is 2.78. The Balaban J connectivity index is 1.68. The van der Waals surface area contributed by atoms with E-state index >= 15 is 0 Å². The van der Waals surface area contributed by atoms with E-state index in [1.54, 1.807) is 0 Å². The Bertz CT molecular complexity index is 558. The Kier molecular flexibility index (Phi) is 4.56. The molecule has 1 spiro atoms. The SMILES string of the molecule is C[C@H]1C(OC(=O)C(Cl)Cl)C[C@@H]2OC3(C)CC[C@H]4[C@H](C)CCC1[C@@]24OO3. The molecule has 3 saturated heterocycles. The van der Waals surface area contributed by atoms with Gasteiger partial charge in [0.05, 0.1) is 6.10 Å². The maximum absolute atomic E-state index is 11.9. The van der Waals surface area contributed by atoms with E-state index in [0.29, 0.717) is 18.3 Å². The highest BCUT2D eigenvalue weighted by atomic mass is 35.5. The van der Waals surface area contributed by atoms with E-state index in [9.17, 15) is 4.79 Å². The molecule has 0 radical (unpaired) electrons. The fraction of sp³-hybridized carbons (Fsp3) is 0.944. The van der Waals surface area contributed by atoms with Crippen LogP contribution in [0.5, 0.6) is 0 Å². The summed E-state index contributed by atoms with van der Waals surface area (Å²) in [6.07, 6.45) is 4.18. The number of carbonyl (C=O) groups excluding carboxylic acids is 1. The summed E-state index contributed by atoms with van der Waals surface area (Å²) in [6, 6.07) is 0. The molecule has 5 aliphatic rings. The maximum atomic E-state index is 11.9. The number of rotatable bonds is 2. The van der Waals surface area contributed by atoms with E-state index in [-0.39, 0.29) is 24.0 Å². The predicted molar refractivity (Wildman–Crippen MR) is 91.9 cm³/mol. The Morgan fingerprint density at radius 3 is 2.64 bits per heavy atom. The summed E-state index contributed by atoms with van der Waals surface area (Å²) in [7, 11) is 0. The lowest BCUT2D eigenvalue weighted by atomic mass is 9.53. The Morgan fingerprint density at radius 2 is 1.92 bits per heavy atom. The highest BCUT2D eigenvalue weighted by Crippen LogP contribution is 2.61. The minimum absolute atomic E-state index is 0.136. The van der Waals surface area contributed by atoms with Crippen molar-refractivity contribution in [3.63, 3.8) is 0 Å². The number of hydrogen-bond donors (Lipinski definition) is 0. The van der Waals surface area contributed by atoms with Crippen molar-refractivity contribution >= 4 is 29.2 Å². The van der Waals surface area contributed by atoms with E-state index in [0.717, 1.165) is 25.7 Å². The van der Waals surface area contributed by atoms with E-state index in [1.165, 1.54) is 0 Å². The maximum Gasteiger partial charge on any atom is 0.339 e. The first-order valence-electron chi connectivity index (χ1n) is 9.30. The van der Waals surface area contributed by atoms with E-state index < -0.39 is 22.2 Å². The summed E-state index contributed by atoms with van der Waals surface area (Å²) in [5.74, 6) is 0.00274. The molecule has 5 fully saturated rings. The van der Waals surface area contributed by atoms with Crippen LogP contribution in [-0.4, -0.2) is 34.4 Å². The number of ether oxygens (including phenoxy) is 2. The predicted octanol–water partition coefficient (Wildman–Crippen LogP) is 4.00. The van der Waals surface area contributed by atoms with E-state index in [2.05, 4.69) is 13.8 Å².